The third-order valence-electron chi connectivity index (χ3n) is 2.35. The largest absolute Gasteiger partial charge is 0.468 e. The van der Waals surface area contributed by atoms with Gasteiger partial charge in [-0.1, -0.05) is 0 Å². The van der Waals surface area contributed by atoms with Crippen LogP contribution >= 0.6 is 0 Å². The number of hydrogen-bond acceptors (Lipinski definition) is 3. The van der Waals surface area contributed by atoms with Gasteiger partial charge >= 0.3 is 0 Å². The second kappa shape index (κ2) is 4.36. The van der Waals surface area contributed by atoms with Gasteiger partial charge in [-0.15, -0.1) is 0 Å². The zero-order chi connectivity index (χ0) is 10.7. The number of rotatable bonds is 4. The van der Waals surface area contributed by atoms with Crippen LogP contribution in [0.1, 0.15) is 30.2 Å². The van der Waals surface area contributed by atoms with E-state index in [1.807, 2.05) is 31.2 Å². The monoisotopic (exact) mass is 205 g/mol. The van der Waals surface area contributed by atoms with Crippen LogP contribution in [0, 0.1) is 6.92 Å². The Morgan fingerprint density at radius 1 is 1.33 bits per heavy atom. The Hall–Kier alpha value is -1.48. The second-order valence-electron chi connectivity index (χ2n) is 3.63. The van der Waals surface area contributed by atoms with Crippen LogP contribution in [0.4, 0.5) is 0 Å². The zero-order valence-electron chi connectivity index (χ0n) is 8.99. The van der Waals surface area contributed by atoms with Crippen molar-refractivity contribution in [2.45, 2.75) is 26.4 Å². The van der Waals surface area contributed by atoms with Gasteiger partial charge in [-0.3, -0.25) is 0 Å². The van der Waals surface area contributed by atoms with E-state index in [2.05, 4.69) is 12.2 Å². The minimum absolute atomic E-state index is 0.198. The molecule has 1 N–H and O–H groups in total. The van der Waals surface area contributed by atoms with Crippen molar-refractivity contribution in [2.24, 2.45) is 0 Å². The van der Waals surface area contributed by atoms with E-state index >= 15 is 0 Å². The molecule has 0 spiro atoms. The van der Waals surface area contributed by atoms with Crippen molar-refractivity contribution in [3.8, 4) is 0 Å². The predicted molar refractivity (Wildman–Crippen MR) is 57.4 cm³/mol. The summed E-state index contributed by atoms with van der Waals surface area (Å²) in [5.41, 5.74) is 0. The van der Waals surface area contributed by atoms with Crippen molar-refractivity contribution in [3.05, 3.63) is 47.8 Å². The van der Waals surface area contributed by atoms with Gasteiger partial charge in [0.15, 0.2) is 0 Å². The van der Waals surface area contributed by atoms with Gasteiger partial charge in [-0.05, 0) is 38.1 Å². The number of aryl methyl sites for hydroxylation is 1. The first kappa shape index (κ1) is 10.1. The van der Waals surface area contributed by atoms with E-state index < -0.39 is 0 Å². The van der Waals surface area contributed by atoms with Gasteiger partial charge in [0, 0.05) is 0 Å². The lowest BCUT2D eigenvalue weighted by Crippen LogP contribution is -2.17. The van der Waals surface area contributed by atoms with E-state index in [9.17, 15) is 0 Å². The highest BCUT2D eigenvalue weighted by atomic mass is 16.3. The lowest BCUT2D eigenvalue weighted by molar-refractivity contribution is 0.397. The Morgan fingerprint density at radius 2 is 2.20 bits per heavy atom. The lowest BCUT2D eigenvalue weighted by atomic mass is 10.2. The minimum Gasteiger partial charge on any atom is -0.468 e. The molecule has 0 amide bonds. The summed E-state index contributed by atoms with van der Waals surface area (Å²) in [6.07, 6.45) is 1.68. The van der Waals surface area contributed by atoms with E-state index in [1.54, 1.807) is 6.26 Å². The summed E-state index contributed by atoms with van der Waals surface area (Å²) in [7, 11) is 0. The molecular weight excluding hydrogens is 190 g/mol. The molecule has 0 aliphatic rings. The van der Waals surface area contributed by atoms with E-state index in [0.717, 1.165) is 17.3 Å². The highest BCUT2D eigenvalue weighted by molar-refractivity contribution is 5.09. The van der Waals surface area contributed by atoms with E-state index in [4.69, 9.17) is 8.83 Å². The van der Waals surface area contributed by atoms with Gasteiger partial charge in [-0.25, -0.2) is 0 Å². The smallest absolute Gasteiger partial charge is 0.120 e. The van der Waals surface area contributed by atoms with Gasteiger partial charge in [0.25, 0.3) is 0 Å². The fourth-order valence-electron chi connectivity index (χ4n) is 1.45. The van der Waals surface area contributed by atoms with Gasteiger partial charge in [-0.2, -0.15) is 0 Å². The average Bonchev–Trinajstić information content (AvgIpc) is 2.84. The molecule has 3 nitrogen and oxygen atoms in total. The summed E-state index contributed by atoms with van der Waals surface area (Å²) in [6, 6.07) is 8.00. The highest BCUT2D eigenvalue weighted by Crippen LogP contribution is 2.16. The Kier molecular flexibility index (Phi) is 2.92. The van der Waals surface area contributed by atoms with Crippen molar-refractivity contribution < 1.29 is 8.83 Å². The molecule has 0 saturated carbocycles. The molecule has 0 aliphatic carbocycles. The van der Waals surface area contributed by atoms with Gasteiger partial charge in [0.05, 0.1) is 18.8 Å². The molecular formula is C12H15NO2. The molecule has 2 aromatic heterocycles. The summed E-state index contributed by atoms with van der Waals surface area (Å²) in [5.74, 6) is 2.83. The molecule has 0 unspecified atom stereocenters. The van der Waals surface area contributed by atoms with E-state index in [-0.39, 0.29) is 6.04 Å². The third-order valence-corrected chi connectivity index (χ3v) is 2.35. The first-order chi connectivity index (χ1) is 7.25. The van der Waals surface area contributed by atoms with Crippen LogP contribution in [0.25, 0.3) is 0 Å². The van der Waals surface area contributed by atoms with Crippen LogP contribution in [0.3, 0.4) is 0 Å². The van der Waals surface area contributed by atoms with E-state index in [0.29, 0.717) is 6.54 Å². The molecule has 2 aromatic rings. The molecule has 1 atom stereocenters. The third kappa shape index (κ3) is 2.50. The maximum atomic E-state index is 5.52. The Labute approximate surface area is 89.1 Å². The second-order valence-corrected chi connectivity index (χ2v) is 3.63. The zero-order valence-corrected chi connectivity index (χ0v) is 8.99. The normalized spacial score (nSPS) is 12.9. The molecule has 15 heavy (non-hydrogen) atoms. The van der Waals surface area contributed by atoms with Crippen LogP contribution in [0.2, 0.25) is 0 Å². The summed E-state index contributed by atoms with van der Waals surface area (Å²) in [4.78, 5) is 0. The topological polar surface area (TPSA) is 38.3 Å². The van der Waals surface area contributed by atoms with Crippen LogP contribution in [0.5, 0.6) is 0 Å². The standard InChI is InChI=1S/C12H15NO2/c1-9-5-6-12(15-9)10(2)13-8-11-4-3-7-14-11/h3-7,10,13H,8H2,1-2H3/t10-/m0/s1. The van der Waals surface area contributed by atoms with Crippen molar-refractivity contribution in [1.82, 2.24) is 5.32 Å². The minimum atomic E-state index is 0.198. The molecule has 0 bridgehead atoms. The molecule has 3 heteroatoms. The van der Waals surface area contributed by atoms with Crippen molar-refractivity contribution in [2.75, 3.05) is 0 Å². The van der Waals surface area contributed by atoms with Crippen LogP contribution in [-0.4, -0.2) is 0 Å². The molecule has 0 aromatic carbocycles. The van der Waals surface area contributed by atoms with Gasteiger partial charge < -0.3 is 14.2 Å². The molecule has 2 heterocycles. The number of furan rings is 2. The quantitative estimate of drug-likeness (QED) is 0.833. The molecule has 80 valence electrons. The van der Waals surface area contributed by atoms with Crippen LogP contribution in [-0.2, 0) is 6.54 Å². The maximum Gasteiger partial charge on any atom is 0.120 e. The SMILES string of the molecule is Cc1ccc([C@H](C)NCc2ccco2)o1. The van der Waals surface area contributed by atoms with Crippen LogP contribution < -0.4 is 5.32 Å². The highest BCUT2D eigenvalue weighted by Gasteiger charge is 2.08. The fourth-order valence-corrected chi connectivity index (χ4v) is 1.45. The van der Waals surface area contributed by atoms with Crippen molar-refractivity contribution in [3.63, 3.8) is 0 Å². The molecule has 0 saturated heterocycles. The predicted octanol–water partition coefficient (Wildman–Crippen LogP) is 3.03. The van der Waals surface area contributed by atoms with Gasteiger partial charge in [0.2, 0.25) is 0 Å². The molecule has 2 rings (SSSR count). The summed E-state index contributed by atoms with van der Waals surface area (Å²) in [6.45, 7) is 4.73. The summed E-state index contributed by atoms with van der Waals surface area (Å²) < 4.78 is 10.8. The number of nitrogens with one attached hydrogen (secondary N) is 1. The van der Waals surface area contributed by atoms with E-state index in [1.165, 1.54) is 0 Å². The molecule has 0 fully saturated rings. The van der Waals surface area contributed by atoms with Crippen molar-refractivity contribution >= 4 is 0 Å². The average molecular weight is 205 g/mol. The summed E-state index contributed by atoms with van der Waals surface area (Å²) in [5, 5.41) is 3.33. The summed E-state index contributed by atoms with van der Waals surface area (Å²) >= 11 is 0. The molecule has 0 aliphatic heterocycles. The van der Waals surface area contributed by atoms with Gasteiger partial charge in [0.1, 0.15) is 17.3 Å². The first-order valence-electron chi connectivity index (χ1n) is 5.08. The Morgan fingerprint density at radius 3 is 2.80 bits per heavy atom. The van der Waals surface area contributed by atoms with Crippen molar-refractivity contribution in [1.29, 1.82) is 0 Å². The fraction of sp³-hybridized carbons (Fsp3) is 0.333. The first-order valence-corrected chi connectivity index (χ1v) is 5.08. The molecule has 0 radical (unpaired) electrons. The number of hydrogen-bond donors (Lipinski definition) is 1. The van der Waals surface area contributed by atoms with Crippen LogP contribution in [0.15, 0.2) is 39.4 Å². The lowest BCUT2D eigenvalue weighted by Gasteiger charge is -2.09. The maximum absolute atomic E-state index is 5.52. The Bertz CT molecular complexity index is 403. The Balaban J connectivity index is 1.90.